The summed E-state index contributed by atoms with van der Waals surface area (Å²) in [4.78, 5) is 3.95. The van der Waals surface area contributed by atoms with Crippen molar-refractivity contribution in [1.29, 1.82) is 0 Å². The van der Waals surface area contributed by atoms with Crippen LogP contribution in [0.5, 0.6) is 0 Å². The van der Waals surface area contributed by atoms with Crippen LogP contribution >= 0.6 is 0 Å². The Morgan fingerprint density at radius 3 is 2.85 bits per heavy atom. The lowest BCUT2D eigenvalue weighted by Gasteiger charge is -2.17. The molecule has 2 atom stereocenters. The number of rotatable bonds is 4. The highest BCUT2D eigenvalue weighted by Gasteiger charge is 2.17. The van der Waals surface area contributed by atoms with E-state index in [0.29, 0.717) is 6.54 Å². The van der Waals surface area contributed by atoms with E-state index in [-0.39, 0.29) is 6.42 Å². The van der Waals surface area contributed by atoms with Crippen LogP contribution in [0.25, 0.3) is 0 Å². The predicted octanol–water partition coefficient (Wildman–Crippen LogP) is -1.59. The van der Waals surface area contributed by atoms with Gasteiger partial charge >= 0.3 is 0 Å². The summed E-state index contributed by atoms with van der Waals surface area (Å²) < 4.78 is 0. The molecule has 1 rings (SSSR count). The second-order valence-corrected chi connectivity index (χ2v) is 2.84. The largest absolute Gasteiger partial charge is 0.394 e. The van der Waals surface area contributed by atoms with Crippen molar-refractivity contribution in [2.24, 2.45) is 4.99 Å². The zero-order chi connectivity index (χ0) is 9.68. The molecule has 0 bridgehead atoms. The minimum atomic E-state index is -1.10. The first-order chi connectivity index (χ1) is 6.24. The van der Waals surface area contributed by atoms with E-state index in [1.807, 2.05) is 0 Å². The Morgan fingerprint density at radius 1 is 1.54 bits per heavy atom. The quantitative estimate of drug-likeness (QED) is 0.425. The molecule has 0 unspecified atom stereocenters. The third-order valence-corrected chi connectivity index (χ3v) is 1.78. The summed E-state index contributed by atoms with van der Waals surface area (Å²) in [5, 5.41) is 29.7. The molecule has 0 amide bonds. The van der Waals surface area contributed by atoms with Crippen molar-refractivity contribution in [2.45, 2.75) is 18.6 Å². The highest BCUT2D eigenvalue weighted by Crippen LogP contribution is 2.02. The summed E-state index contributed by atoms with van der Waals surface area (Å²) in [6, 6.07) is 0. The summed E-state index contributed by atoms with van der Waals surface area (Å²) in [6.07, 6.45) is 2.34. The van der Waals surface area contributed by atoms with E-state index in [1.165, 1.54) is 6.20 Å². The van der Waals surface area contributed by atoms with Crippen molar-refractivity contribution in [3.63, 3.8) is 0 Å². The van der Waals surface area contributed by atoms with Crippen molar-refractivity contribution in [3.05, 3.63) is 12.4 Å². The molecule has 1 radical (unpaired) electrons. The van der Waals surface area contributed by atoms with E-state index in [4.69, 9.17) is 10.2 Å². The topological polar surface area (TPSA) is 85.1 Å². The molecule has 5 heteroatoms. The predicted molar refractivity (Wildman–Crippen MR) is 47.0 cm³/mol. The van der Waals surface area contributed by atoms with Crippen LogP contribution in [0.3, 0.4) is 0 Å². The number of aliphatic imine (C=N–C) groups is 1. The summed E-state index contributed by atoms with van der Waals surface area (Å²) in [5.41, 5.74) is 0.735. The van der Waals surface area contributed by atoms with Gasteiger partial charge in [0.15, 0.2) is 0 Å². The maximum atomic E-state index is 9.32. The molecule has 0 aromatic rings. The van der Waals surface area contributed by atoms with Gasteiger partial charge < -0.3 is 20.6 Å². The van der Waals surface area contributed by atoms with Gasteiger partial charge in [-0.15, -0.1) is 0 Å². The normalized spacial score (nSPS) is 20.4. The highest BCUT2D eigenvalue weighted by molar-refractivity contribution is 5.87. The van der Waals surface area contributed by atoms with Gasteiger partial charge in [0.2, 0.25) is 0 Å². The second-order valence-electron chi connectivity index (χ2n) is 2.84. The number of aliphatic hydroxyl groups is 3. The Labute approximate surface area is 76.4 Å². The zero-order valence-electron chi connectivity index (χ0n) is 7.14. The van der Waals surface area contributed by atoms with E-state index in [9.17, 15) is 5.11 Å². The molecule has 0 fully saturated rings. The third kappa shape index (κ3) is 3.14. The van der Waals surface area contributed by atoms with Crippen LogP contribution in [0.15, 0.2) is 11.2 Å². The first-order valence-corrected chi connectivity index (χ1v) is 4.06. The maximum Gasteiger partial charge on any atom is 0.103 e. The number of nitrogens with one attached hydrogen (secondary N) is 1. The molecule has 0 saturated carbocycles. The van der Waals surface area contributed by atoms with Crippen LogP contribution < -0.4 is 5.32 Å². The average Bonchev–Trinajstić information content (AvgIpc) is 2.18. The summed E-state index contributed by atoms with van der Waals surface area (Å²) >= 11 is 0. The molecule has 0 saturated heterocycles. The van der Waals surface area contributed by atoms with Gasteiger partial charge in [0.1, 0.15) is 6.10 Å². The standard InChI is InChI=1S/C8H13N2O3/c11-5-8(13)7(12)3-6-4-9-1-2-10-6/h2,7-9,11-13H,3-5H2/t7-,8-/m1/s1. The number of hydrogen-bond acceptors (Lipinski definition) is 5. The second kappa shape index (κ2) is 4.96. The molecule has 4 N–H and O–H groups in total. The lowest BCUT2D eigenvalue weighted by atomic mass is 10.1. The van der Waals surface area contributed by atoms with E-state index in [0.717, 1.165) is 5.71 Å². The summed E-state index contributed by atoms with van der Waals surface area (Å²) in [7, 11) is 0. The number of hydrogen-bond donors (Lipinski definition) is 4. The molecule has 0 aliphatic carbocycles. The molecule has 1 aliphatic rings. The Balaban J connectivity index is 2.38. The molecular formula is C8H13N2O3. The SMILES string of the molecule is OC[C@@H](O)[C@H](O)CC1=NC=[C]NC1. The van der Waals surface area contributed by atoms with E-state index in [2.05, 4.69) is 16.5 Å². The molecule has 1 aliphatic heterocycles. The first-order valence-electron chi connectivity index (χ1n) is 4.06. The van der Waals surface area contributed by atoms with Gasteiger partial charge in [-0.1, -0.05) is 0 Å². The van der Waals surface area contributed by atoms with E-state index in [1.54, 1.807) is 0 Å². The van der Waals surface area contributed by atoms with Crippen molar-refractivity contribution in [2.75, 3.05) is 13.2 Å². The van der Waals surface area contributed by atoms with Gasteiger partial charge in [-0.25, -0.2) is 0 Å². The van der Waals surface area contributed by atoms with Gasteiger partial charge in [0.25, 0.3) is 0 Å². The number of nitrogens with zero attached hydrogens (tertiary/aromatic N) is 1. The Morgan fingerprint density at radius 2 is 2.31 bits per heavy atom. The average molecular weight is 185 g/mol. The number of aliphatic hydroxyl groups excluding tert-OH is 3. The maximum absolute atomic E-state index is 9.32. The fourth-order valence-electron chi connectivity index (χ4n) is 0.992. The van der Waals surface area contributed by atoms with Gasteiger partial charge in [0, 0.05) is 12.1 Å². The van der Waals surface area contributed by atoms with Gasteiger partial charge in [-0.2, -0.15) is 0 Å². The highest BCUT2D eigenvalue weighted by atomic mass is 16.4. The zero-order valence-corrected chi connectivity index (χ0v) is 7.14. The molecular weight excluding hydrogens is 172 g/mol. The van der Waals surface area contributed by atoms with Crippen LogP contribution in [-0.2, 0) is 0 Å². The van der Waals surface area contributed by atoms with Crippen molar-refractivity contribution < 1.29 is 15.3 Å². The minimum absolute atomic E-state index is 0.257. The van der Waals surface area contributed by atoms with Crippen LogP contribution in [0, 0.1) is 6.20 Å². The smallest absolute Gasteiger partial charge is 0.103 e. The van der Waals surface area contributed by atoms with Crippen molar-refractivity contribution in [1.82, 2.24) is 5.32 Å². The van der Waals surface area contributed by atoms with E-state index < -0.39 is 18.8 Å². The molecule has 0 aromatic carbocycles. The Kier molecular flexibility index (Phi) is 3.88. The van der Waals surface area contributed by atoms with Crippen LogP contribution in [-0.4, -0.2) is 46.4 Å². The monoisotopic (exact) mass is 185 g/mol. The summed E-state index contributed by atoms with van der Waals surface area (Å²) in [5.74, 6) is 0. The Hall–Kier alpha value is -0.910. The molecule has 73 valence electrons. The van der Waals surface area contributed by atoms with E-state index >= 15 is 0 Å². The van der Waals surface area contributed by atoms with Gasteiger partial charge in [-0.05, 0) is 0 Å². The lowest BCUT2D eigenvalue weighted by molar-refractivity contribution is -0.0101. The third-order valence-electron chi connectivity index (χ3n) is 1.78. The van der Waals surface area contributed by atoms with Crippen LogP contribution in [0.1, 0.15) is 6.42 Å². The van der Waals surface area contributed by atoms with Crippen LogP contribution in [0.4, 0.5) is 0 Å². The first kappa shape index (κ1) is 10.2. The fourth-order valence-corrected chi connectivity index (χ4v) is 0.992. The molecule has 0 aromatic heterocycles. The fraction of sp³-hybridized carbons (Fsp3) is 0.625. The van der Waals surface area contributed by atoms with Gasteiger partial charge in [-0.3, -0.25) is 4.99 Å². The summed E-state index contributed by atoms with van der Waals surface area (Å²) in [6.45, 7) is 0.0789. The minimum Gasteiger partial charge on any atom is -0.394 e. The molecule has 13 heavy (non-hydrogen) atoms. The van der Waals surface area contributed by atoms with Gasteiger partial charge in [0.05, 0.1) is 31.7 Å². The lowest BCUT2D eigenvalue weighted by Crippen LogP contribution is -2.34. The molecule has 5 nitrogen and oxygen atoms in total. The molecule has 1 heterocycles. The molecule has 0 spiro atoms. The van der Waals surface area contributed by atoms with Crippen LogP contribution in [0.2, 0.25) is 0 Å². The Bertz CT molecular complexity index is 215. The van der Waals surface area contributed by atoms with Crippen molar-refractivity contribution >= 4 is 5.71 Å². The van der Waals surface area contributed by atoms with Crippen molar-refractivity contribution in [3.8, 4) is 0 Å².